The Morgan fingerprint density at radius 3 is 2.80 bits per heavy atom. The Hall–Kier alpha value is -1.26. The highest BCUT2D eigenvalue weighted by Crippen LogP contribution is 2.26. The molecule has 0 aliphatic carbocycles. The SMILES string of the molecule is CNC(c1cncs1)c1ccccc1F. The summed E-state index contributed by atoms with van der Waals surface area (Å²) < 4.78 is 13.6. The zero-order valence-electron chi connectivity index (χ0n) is 8.27. The summed E-state index contributed by atoms with van der Waals surface area (Å²) in [5, 5.41) is 3.09. The van der Waals surface area contributed by atoms with Crippen LogP contribution in [0.2, 0.25) is 0 Å². The van der Waals surface area contributed by atoms with Crippen molar-refractivity contribution < 1.29 is 4.39 Å². The fourth-order valence-corrected chi connectivity index (χ4v) is 2.27. The van der Waals surface area contributed by atoms with Gasteiger partial charge >= 0.3 is 0 Å². The molecule has 15 heavy (non-hydrogen) atoms. The summed E-state index contributed by atoms with van der Waals surface area (Å²) in [6, 6.07) is 6.68. The van der Waals surface area contributed by atoms with E-state index in [2.05, 4.69) is 10.3 Å². The van der Waals surface area contributed by atoms with E-state index < -0.39 is 0 Å². The maximum Gasteiger partial charge on any atom is 0.128 e. The molecule has 1 aromatic carbocycles. The van der Waals surface area contributed by atoms with Gasteiger partial charge in [-0.05, 0) is 13.1 Å². The summed E-state index contributed by atoms with van der Waals surface area (Å²) in [5.74, 6) is -0.190. The van der Waals surface area contributed by atoms with Crippen molar-refractivity contribution >= 4 is 11.3 Å². The van der Waals surface area contributed by atoms with Crippen LogP contribution < -0.4 is 5.32 Å². The Labute approximate surface area is 91.8 Å². The van der Waals surface area contributed by atoms with Crippen molar-refractivity contribution in [3.05, 3.63) is 52.2 Å². The van der Waals surface area contributed by atoms with Crippen molar-refractivity contribution in [3.63, 3.8) is 0 Å². The summed E-state index contributed by atoms with van der Waals surface area (Å²) in [4.78, 5) is 5.02. The summed E-state index contributed by atoms with van der Waals surface area (Å²) in [7, 11) is 1.82. The molecule has 0 aliphatic rings. The van der Waals surface area contributed by atoms with E-state index in [4.69, 9.17) is 0 Å². The molecule has 0 aliphatic heterocycles. The summed E-state index contributed by atoms with van der Waals surface area (Å²) in [6.45, 7) is 0. The third kappa shape index (κ3) is 2.06. The molecule has 0 saturated carbocycles. The highest BCUT2D eigenvalue weighted by Gasteiger charge is 2.16. The van der Waals surface area contributed by atoms with Gasteiger partial charge in [0.05, 0.1) is 11.6 Å². The molecule has 1 heterocycles. The van der Waals surface area contributed by atoms with Gasteiger partial charge in [0.15, 0.2) is 0 Å². The van der Waals surface area contributed by atoms with Crippen LogP contribution in [0.15, 0.2) is 36.0 Å². The maximum absolute atomic E-state index is 13.6. The van der Waals surface area contributed by atoms with Crippen LogP contribution in [-0.4, -0.2) is 12.0 Å². The van der Waals surface area contributed by atoms with Crippen LogP contribution in [-0.2, 0) is 0 Å². The van der Waals surface area contributed by atoms with Gasteiger partial charge in [-0.3, -0.25) is 4.98 Å². The average molecular weight is 222 g/mol. The predicted octanol–water partition coefficient (Wildman–Crippen LogP) is 2.59. The number of benzene rings is 1. The topological polar surface area (TPSA) is 24.9 Å². The molecular weight excluding hydrogens is 211 g/mol. The minimum Gasteiger partial charge on any atom is -0.309 e. The largest absolute Gasteiger partial charge is 0.309 e. The first kappa shape index (κ1) is 10.3. The molecule has 0 amide bonds. The first-order chi connectivity index (χ1) is 7.33. The fraction of sp³-hybridized carbons (Fsp3) is 0.182. The molecule has 0 saturated heterocycles. The first-order valence-corrected chi connectivity index (χ1v) is 5.51. The zero-order valence-corrected chi connectivity index (χ0v) is 9.09. The molecule has 1 aromatic heterocycles. The molecule has 0 fully saturated rings. The lowest BCUT2D eigenvalue weighted by Gasteiger charge is -2.14. The second-order valence-electron chi connectivity index (χ2n) is 3.15. The van der Waals surface area contributed by atoms with Gasteiger partial charge in [0, 0.05) is 16.6 Å². The van der Waals surface area contributed by atoms with Gasteiger partial charge in [-0.15, -0.1) is 11.3 Å². The van der Waals surface area contributed by atoms with E-state index in [9.17, 15) is 4.39 Å². The highest BCUT2D eigenvalue weighted by atomic mass is 32.1. The molecule has 4 heteroatoms. The first-order valence-electron chi connectivity index (χ1n) is 4.63. The van der Waals surface area contributed by atoms with E-state index in [1.54, 1.807) is 23.8 Å². The quantitative estimate of drug-likeness (QED) is 0.863. The second-order valence-corrected chi connectivity index (χ2v) is 4.06. The van der Waals surface area contributed by atoms with E-state index in [1.807, 2.05) is 13.1 Å². The van der Waals surface area contributed by atoms with Crippen LogP contribution in [0, 0.1) is 5.82 Å². The lowest BCUT2D eigenvalue weighted by atomic mass is 10.1. The number of nitrogens with zero attached hydrogens (tertiary/aromatic N) is 1. The van der Waals surface area contributed by atoms with Crippen molar-refractivity contribution in [3.8, 4) is 0 Å². The minimum absolute atomic E-state index is 0.112. The maximum atomic E-state index is 13.6. The monoisotopic (exact) mass is 222 g/mol. The molecule has 0 bridgehead atoms. The van der Waals surface area contributed by atoms with Gasteiger partial charge in [0.1, 0.15) is 5.82 Å². The number of aromatic nitrogens is 1. The Balaban J connectivity index is 2.40. The van der Waals surface area contributed by atoms with Gasteiger partial charge in [-0.2, -0.15) is 0 Å². The molecule has 1 unspecified atom stereocenters. The van der Waals surface area contributed by atoms with Gasteiger partial charge in [0.2, 0.25) is 0 Å². The standard InChI is InChI=1S/C11H11FN2S/c1-13-11(10-6-14-7-15-10)8-4-2-3-5-9(8)12/h2-7,11,13H,1H3. The normalized spacial score (nSPS) is 12.7. The third-order valence-electron chi connectivity index (χ3n) is 2.24. The van der Waals surface area contributed by atoms with Crippen LogP contribution in [0.4, 0.5) is 4.39 Å². The lowest BCUT2D eigenvalue weighted by Crippen LogP contribution is -2.17. The molecule has 0 radical (unpaired) electrons. The third-order valence-corrected chi connectivity index (χ3v) is 3.08. The molecular formula is C11H11FN2S. The van der Waals surface area contributed by atoms with Crippen LogP contribution in [0.25, 0.3) is 0 Å². The van der Waals surface area contributed by atoms with Gasteiger partial charge in [0.25, 0.3) is 0 Å². The minimum atomic E-state index is -0.190. The van der Waals surface area contributed by atoms with Crippen molar-refractivity contribution in [1.82, 2.24) is 10.3 Å². The Kier molecular flexibility index (Phi) is 3.08. The number of halogens is 1. The van der Waals surface area contributed by atoms with E-state index in [-0.39, 0.29) is 11.9 Å². The summed E-state index contributed by atoms with van der Waals surface area (Å²) >= 11 is 1.52. The Morgan fingerprint density at radius 2 is 2.20 bits per heavy atom. The molecule has 2 nitrogen and oxygen atoms in total. The number of thiazole rings is 1. The molecule has 0 spiro atoms. The van der Waals surface area contributed by atoms with Crippen molar-refractivity contribution in [2.24, 2.45) is 0 Å². The van der Waals surface area contributed by atoms with Crippen molar-refractivity contribution in [2.45, 2.75) is 6.04 Å². The Bertz CT molecular complexity index is 428. The second kappa shape index (κ2) is 4.51. The number of hydrogen-bond acceptors (Lipinski definition) is 3. The van der Waals surface area contributed by atoms with Crippen molar-refractivity contribution in [1.29, 1.82) is 0 Å². The van der Waals surface area contributed by atoms with Gasteiger partial charge in [-0.25, -0.2) is 4.39 Å². The van der Waals surface area contributed by atoms with Crippen LogP contribution in [0.3, 0.4) is 0 Å². The highest BCUT2D eigenvalue weighted by molar-refractivity contribution is 7.09. The number of hydrogen-bond donors (Lipinski definition) is 1. The van der Waals surface area contributed by atoms with Crippen LogP contribution >= 0.6 is 11.3 Å². The Morgan fingerprint density at radius 1 is 1.40 bits per heavy atom. The smallest absolute Gasteiger partial charge is 0.128 e. The van der Waals surface area contributed by atoms with E-state index in [0.29, 0.717) is 5.56 Å². The van der Waals surface area contributed by atoms with E-state index in [1.165, 1.54) is 17.4 Å². The summed E-state index contributed by atoms with van der Waals surface area (Å²) in [5.41, 5.74) is 2.41. The lowest BCUT2D eigenvalue weighted by molar-refractivity contribution is 0.579. The van der Waals surface area contributed by atoms with Gasteiger partial charge < -0.3 is 5.32 Å². The van der Waals surface area contributed by atoms with E-state index >= 15 is 0 Å². The van der Waals surface area contributed by atoms with Gasteiger partial charge in [-0.1, -0.05) is 18.2 Å². The molecule has 2 aromatic rings. The molecule has 1 N–H and O–H groups in total. The number of nitrogens with one attached hydrogen (secondary N) is 1. The zero-order chi connectivity index (χ0) is 10.7. The predicted molar refractivity (Wildman–Crippen MR) is 59.4 cm³/mol. The number of rotatable bonds is 3. The molecule has 2 rings (SSSR count). The molecule has 1 atom stereocenters. The van der Waals surface area contributed by atoms with Crippen LogP contribution in [0.5, 0.6) is 0 Å². The average Bonchev–Trinajstić information content (AvgIpc) is 2.75. The van der Waals surface area contributed by atoms with Crippen LogP contribution in [0.1, 0.15) is 16.5 Å². The van der Waals surface area contributed by atoms with Crippen molar-refractivity contribution in [2.75, 3.05) is 7.05 Å². The van der Waals surface area contributed by atoms with E-state index in [0.717, 1.165) is 4.88 Å². The fourth-order valence-electron chi connectivity index (χ4n) is 1.53. The summed E-state index contributed by atoms with van der Waals surface area (Å²) in [6.07, 6.45) is 1.76. The molecule has 78 valence electrons.